The maximum Gasteiger partial charge on any atom is 0.410 e. The van der Waals surface area contributed by atoms with E-state index in [1.165, 1.54) is 0 Å². The molecule has 5 heteroatoms. The molecule has 0 aromatic heterocycles. The fourth-order valence-electron chi connectivity index (χ4n) is 2.73. The molecule has 0 spiro atoms. The fourth-order valence-corrected chi connectivity index (χ4v) is 2.73. The molecule has 1 aliphatic rings. The zero-order chi connectivity index (χ0) is 16.9. The van der Waals surface area contributed by atoms with Crippen LogP contribution in [0.1, 0.15) is 40.0 Å². The topological polar surface area (TPSA) is 50.8 Å². The SMILES string of the molecule is COc1ccccc1NC1CCCN(C(=O)OC(C)(C)C)CC1. The van der Waals surface area contributed by atoms with Gasteiger partial charge < -0.3 is 19.7 Å². The zero-order valence-corrected chi connectivity index (χ0v) is 14.6. The molecule has 0 aliphatic carbocycles. The first-order valence-electron chi connectivity index (χ1n) is 8.26. The Bertz CT molecular complexity index is 525. The highest BCUT2D eigenvalue weighted by Gasteiger charge is 2.25. The molecule has 0 saturated carbocycles. The number of carbonyl (C=O) groups excluding carboxylic acids is 1. The molecule has 5 nitrogen and oxygen atoms in total. The number of methoxy groups -OCH3 is 1. The van der Waals surface area contributed by atoms with Gasteiger partial charge >= 0.3 is 6.09 Å². The third-order valence-corrected chi connectivity index (χ3v) is 3.85. The van der Waals surface area contributed by atoms with Gasteiger partial charge in [0.25, 0.3) is 0 Å². The summed E-state index contributed by atoms with van der Waals surface area (Å²) < 4.78 is 10.9. The minimum atomic E-state index is -0.446. The molecule has 1 amide bonds. The highest BCUT2D eigenvalue weighted by atomic mass is 16.6. The van der Waals surface area contributed by atoms with Crippen molar-refractivity contribution < 1.29 is 14.3 Å². The van der Waals surface area contributed by atoms with Gasteiger partial charge in [0.05, 0.1) is 12.8 Å². The summed E-state index contributed by atoms with van der Waals surface area (Å²) in [6, 6.07) is 8.26. The van der Waals surface area contributed by atoms with E-state index in [4.69, 9.17) is 9.47 Å². The van der Waals surface area contributed by atoms with Gasteiger partial charge in [0.2, 0.25) is 0 Å². The standard InChI is InChI=1S/C18H28N2O3/c1-18(2,3)23-17(21)20-12-7-8-14(11-13-20)19-15-9-5-6-10-16(15)22-4/h5-6,9-10,14,19H,7-8,11-13H2,1-4H3. The van der Waals surface area contributed by atoms with Gasteiger partial charge in [-0.2, -0.15) is 0 Å². The molecule has 1 aliphatic heterocycles. The van der Waals surface area contributed by atoms with Crippen LogP contribution in [0.15, 0.2) is 24.3 Å². The van der Waals surface area contributed by atoms with E-state index >= 15 is 0 Å². The lowest BCUT2D eigenvalue weighted by Gasteiger charge is -2.26. The number of rotatable bonds is 3. The second-order valence-corrected chi connectivity index (χ2v) is 6.94. The van der Waals surface area contributed by atoms with Crippen LogP contribution < -0.4 is 10.1 Å². The summed E-state index contributed by atoms with van der Waals surface area (Å²) in [6.07, 6.45) is 2.68. The molecule has 128 valence electrons. The van der Waals surface area contributed by atoms with Gasteiger partial charge in [0, 0.05) is 19.1 Å². The first-order valence-corrected chi connectivity index (χ1v) is 8.26. The van der Waals surface area contributed by atoms with Gasteiger partial charge in [-0.25, -0.2) is 4.79 Å². The smallest absolute Gasteiger partial charge is 0.410 e. The summed E-state index contributed by atoms with van der Waals surface area (Å²) in [7, 11) is 1.68. The van der Waals surface area contributed by atoms with E-state index in [0.29, 0.717) is 12.6 Å². The van der Waals surface area contributed by atoms with Crippen LogP contribution in [-0.4, -0.2) is 42.8 Å². The first kappa shape index (κ1) is 17.4. The Morgan fingerprint density at radius 1 is 1.22 bits per heavy atom. The van der Waals surface area contributed by atoms with Crippen LogP contribution in [0, 0.1) is 0 Å². The summed E-state index contributed by atoms with van der Waals surface area (Å²) in [6.45, 7) is 7.15. The van der Waals surface area contributed by atoms with Crippen molar-refractivity contribution in [1.29, 1.82) is 0 Å². The molecule has 0 radical (unpaired) electrons. The Balaban J connectivity index is 1.92. The number of amides is 1. The highest BCUT2D eigenvalue weighted by Crippen LogP contribution is 2.26. The second-order valence-electron chi connectivity index (χ2n) is 6.94. The summed E-state index contributed by atoms with van der Waals surface area (Å²) >= 11 is 0. The fraction of sp³-hybridized carbons (Fsp3) is 0.611. The number of nitrogens with one attached hydrogen (secondary N) is 1. The van der Waals surface area contributed by atoms with E-state index in [0.717, 1.165) is 37.2 Å². The van der Waals surface area contributed by atoms with Crippen molar-refractivity contribution in [3.8, 4) is 5.75 Å². The molecular formula is C18H28N2O3. The third-order valence-electron chi connectivity index (χ3n) is 3.85. The van der Waals surface area contributed by atoms with Gasteiger partial charge in [0.15, 0.2) is 0 Å². The van der Waals surface area contributed by atoms with E-state index in [1.807, 2.05) is 49.9 Å². The van der Waals surface area contributed by atoms with Crippen LogP contribution in [-0.2, 0) is 4.74 Å². The molecule has 1 heterocycles. The van der Waals surface area contributed by atoms with Crippen LogP contribution in [0.5, 0.6) is 5.75 Å². The van der Waals surface area contributed by atoms with Crippen LogP contribution in [0.3, 0.4) is 0 Å². The normalized spacial score (nSPS) is 19.0. The molecule has 1 fully saturated rings. The minimum absolute atomic E-state index is 0.213. The van der Waals surface area contributed by atoms with Crippen LogP contribution >= 0.6 is 0 Å². The lowest BCUT2D eigenvalue weighted by molar-refractivity contribution is 0.0256. The average Bonchev–Trinajstić information content (AvgIpc) is 2.72. The molecule has 0 bridgehead atoms. The number of para-hydroxylation sites is 2. The Kier molecular flexibility index (Phi) is 5.74. The van der Waals surface area contributed by atoms with E-state index < -0.39 is 5.60 Å². The Morgan fingerprint density at radius 3 is 2.65 bits per heavy atom. The first-order chi connectivity index (χ1) is 10.9. The van der Waals surface area contributed by atoms with Crippen molar-refractivity contribution in [2.24, 2.45) is 0 Å². The number of carbonyl (C=O) groups is 1. The quantitative estimate of drug-likeness (QED) is 0.918. The lowest BCUT2D eigenvalue weighted by Crippen LogP contribution is -2.37. The van der Waals surface area contributed by atoms with Crippen LogP contribution in [0.25, 0.3) is 0 Å². The van der Waals surface area contributed by atoms with E-state index in [1.54, 1.807) is 7.11 Å². The van der Waals surface area contributed by atoms with Crippen molar-refractivity contribution in [3.05, 3.63) is 24.3 Å². The summed E-state index contributed by atoms with van der Waals surface area (Å²) in [5.74, 6) is 0.848. The number of hydrogen-bond donors (Lipinski definition) is 1. The molecule has 1 atom stereocenters. The van der Waals surface area contributed by atoms with Gasteiger partial charge in [-0.1, -0.05) is 12.1 Å². The molecule has 1 N–H and O–H groups in total. The number of anilines is 1. The van der Waals surface area contributed by atoms with Gasteiger partial charge in [0.1, 0.15) is 11.4 Å². The van der Waals surface area contributed by atoms with Crippen LogP contribution in [0.4, 0.5) is 10.5 Å². The van der Waals surface area contributed by atoms with Crippen molar-refractivity contribution >= 4 is 11.8 Å². The maximum atomic E-state index is 12.2. The van der Waals surface area contributed by atoms with E-state index in [9.17, 15) is 4.79 Å². The van der Waals surface area contributed by atoms with Crippen LogP contribution in [0.2, 0.25) is 0 Å². The van der Waals surface area contributed by atoms with Crippen molar-refractivity contribution in [2.75, 3.05) is 25.5 Å². The number of nitrogens with zero attached hydrogens (tertiary/aromatic N) is 1. The Labute approximate surface area is 139 Å². The third kappa shape index (κ3) is 5.34. The number of benzene rings is 1. The average molecular weight is 320 g/mol. The molecule has 1 aromatic rings. The van der Waals surface area contributed by atoms with Gasteiger partial charge in [-0.15, -0.1) is 0 Å². The molecule has 2 rings (SSSR count). The summed E-state index contributed by atoms with van der Waals surface area (Å²) in [5, 5.41) is 3.54. The van der Waals surface area contributed by atoms with Crippen molar-refractivity contribution in [2.45, 2.75) is 51.7 Å². The number of hydrogen-bond acceptors (Lipinski definition) is 4. The second kappa shape index (κ2) is 7.57. The monoisotopic (exact) mass is 320 g/mol. The molecule has 1 saturated heterocycles. The van der Waals surface area contributed by atoms with E-state index in [2.05, 4.69) is 5.32 Å². The number of likely N-dealkylation sites (tertiary alicyclic amines) is 1. The summed E-state index contributed by atoms with van der Waals surface area (Å²) in [4.78, 5) is 14.0. The maximum absolute atomic E-state index is 12.2. The van der Waals surface area contributed by atoms with Crippen molar-refractivity contribution in [3.63, 3.8) is 0 Å². The molecule has 23 heavy (non-hydrogen) atoms. The Hall–Kier alpha value is -1.91. The minimum Gasteiger partial charge on any atom is -0.495 e. The van der Waals surface area contributed by atoms with Gasteiger partial charge in [-0.3, -0.25) is 0 Å². The molecule has 1 aromatic carbocycles. The Morgan fingerprint density at radius 2 is 1.96 bits per heavy atom. The predicted molar refractivity (Wildman–Crippen MR) is 92.1 cm³/mol. The zero-order valence-electron chi connectivity index (χ0n) is 14.6. The largest absolute Gasteiger partial charge is 0.495 e. The predicted octanol–water partition coefficient (Wildman–Crippen LogP) is 3.90. The highest BCUT2D eigenvalue weighted by molar-refractivity contribution is 5.68. The van der Waals surface area contributed by atoms with E-state index in [-0.39, 0.29) is 6.09 Å². The number of ether oxygens (including phenoxy) is 2. The lowest BCUT2D eigenvalue weighted by atomic mass is 10.1. The molecular weight excluding hydrogens is 292 g/mol. The van der Waals surface area contributed by atoms with Gasteiger partial charge in [-0.05, 0) is 52.2 Å². The summed E-state index contributed by atoms with van der Waals surface area (Å²) in [5.41, 5.74) is 0.559. The van der Waals surface area contributed by atoms with Crippen molar-refractivity contribution in [1.82, 2.24) is 4.90 Å². The molecule has 1 unspecified atom stereocenters.